The molecule has 0 atom stereocenters. The summed E-state index contributed by atoms with van der Waals surface area (Å²) in [5.41, 5.74) is 2.31. The normalized spacial score (nSPS) is 16.5. The van der Waals surface area contributed by atoms with Crippen LogP contribution in [0.25, 0.3) is 0 Å². The predicted octanol–water partition coefficient (Wildman–Crippen LogP) is 2.76. The van der Waals surface area contributed by atoms with E-state index in [1.165, 1.54) is 5.57 Å². The van der Waals surface area contributed by atoms with E-state index in [2.05, 4.69) is 13.1 Å². The number of hydrogen-bond donors (Lipinski definition) is 0. The van der Waals surface area contributed by atoms with Crippen molar-refractivity contribution in [2.75, 3.05) is 11.4 Å². The van der Waals surface area contributed by atoms with Gasteiger partial charge in [0.2, 0.25) is 0 Å². The molecule has 78 valence electrons. The number of anilines is 1. The molecular weight excluding hydrogens is 186 g/mol. The van der Waals surface area contributed by atoms with Gasteiger partial charge >= 0.3 is 0 Å². The summed E-state index contributed by atoms with van der Waals surface area (Å²) in [7, 11) is 0. The van der Waals surface area contributed by atoms with Gasteiger partial charge in [0, 0.05) is 18.3 Å². The molecule has 1 aromatic carbocycles. The number of para-hydroxylation sites is 1. The Morgan fingerprint density at radius 2 is 2.00 bits per heavy atom. The van der Waals surface area contributed by atoms with E-state index in [4.69, 9.17) is 0 Å². The lowest BCUT2D eigenvalue weighted by Gasteiger charge is -2.25. The first-order chi connectivity index (χ1) is 7.29. The quantitative estimate of drug-likeness (QED) is 0.733. The average Bonchev–Trinajstić information content (AvgIpc) is 2.29. The molecule has 0 saturated carbocycles. The number of benzene rings is 1. The Morgan fingerprint density at radius 1 is 1.27 bits per heavy atom. The van der Waals surface area contributed by atoms with E-state index in [9.17, 15) is 4.79 Å². The number of nitrogens with zero attached hydrogens (tertiary/aromatic N) is 1. The highest BCUT2D eigenvalue weighted by atomic mass is 16.1. The SMILES string of the molecule is CCC1=CN(c2ccccc2)CC(=O)C1. The van der Waals surface area contributed by atoms with E-state index >= 15 is 0 Å². The number of carbonyl (C=O) groups is 1. The molecule has 0 spiro atoms. The molecular formula is C13H15NO. The van der Waals surface area contributed by atoms with Crippen molar-refractivity contribution in [1.82, 2.24) is 0 Å². The van der Waals surface area contributed by atoms with Crippen LogP contribution in [0.15, 0.2) is 42.1 Å². The Hall–Kier alpha value is -1.57. The lowest BCUT2D eigenvalue weighted by Crippen LogP contribution is -2.29. The first-order valence-electron chi connectivity index (χ1n) is 5.32. The van der Waals surface area contributed by atoms with Crippen LogP contribution in [0.4, 0.5) is 5.69 Å². The first kappa shape index (κ1) is 9.97. The van der Waals surface area contributed by atoms with Gasteiger partial charge in [-0.15, -0.1) is 0 Å². The maximum Gasteiger partial charge on any atom is 0.156 e. The summed E-state index contributed by atoms with van der Waals surface area (Å²) in [6.07, 6.45) is 3.69. The summed E-state index contributed by atoms with van der Waals surface area (Å²) in [6.45, 7) is 2.60. The van der Waals surface area contributed by atoms with Gasteiger partial charge in [-0.05, 0) is 24.1 Å². The summed E-state index contributed by atoms with van der Waals surface area (Å²) in [6, 6.07) is 10.0. The monoisotopic (exact) mass is 201 g/mol. The average molecular weight is 201 g/mol. The first-order valence-corrected chi connectivity index (χ1v) is 5.32. The molecule has 0 aromatic heterocycles. The molecule has 0 amide bonds. The van der Waals surface area contributed by atoms with Crippen molar-refractivity contribution in [2.24, 2.45) is 0 Å². The van der Waals surface area contributed by atoms with Crippen molar-refractivity contribution < 1.29 is 4.79 Å². The zero-order valence-electron chi connectivity index (χ0n) is 8.94. The Balaban J connectivity index is 2.26. The van der Waals surface area contributed by atoms with Crippen LogP contribution in [0.5, 0.6) is 0 Å². The fraction of sp³-hybridized carbons (Fsp3) is 0.308. The molecule has 2 heteroatoms. The minimum Gasteiger partial charge on any atom is -0.341 e. The summed E-state index contributed by atoms with van der Waals surface area (Å²) in [4.78, 5) is 13.6. The highest BCUT2D eigenvalue weighted by molar-refractivity contribution is 5.87. The summed E-state index contributed by atoms with van der Waals surface area (Å²) in [5.74, 6) is 0.304. The third-order valence-corrected chi connectivity index (χ3v) is 2.65. The van der Waals surface area contributed by atoms with Crippen LogP contribution in [-0.2, 0) is 4.79 Å². The Labute approximate surface area is 90.2 Å². The van der Waals surface area contributed by atoms with Crippen LogP contribution in [-0.4, -0.2) is 12.3 Å². The van der Waals surface area contributed by atoms with E-state index in [-0.39, 0.29) is 0 Å². The molecule has 1 aliphatic rings. The smallest absolute Gasteiger partial charge is 0.156 e. The van der Waals surface area contributed by atoms with Gasteiger partial charge in [0.25, 0.3) is 0 Å². The lowest BCUT2D eigenvalue weighted by atomic mass is 10.0. The van der Waals surface area contributed by atoms with Crippen molar-refractivity contribution in [3.63, 3.8) is 0 Å². The standard InChI is InChI=1S/C13H15NO/c1-2-11-8-13(15)10-14(9-11)12-6-4-3-5-7-12/h3-7,9H,2,8,10H2,1H3. The van der Waals surface area contributed by atoms with E-state index in [1.54, 1.807) is 0 Å². The Morgan fingerprint density at radius 3 is 2.67 bits per heavy atom. The van der Waals surface area contributed by atoms with Gasteiger partial charge < -0.3 is 4.90 Å². The molecule has 2 rings (SSSR count). The highest BCUT2D eigenvalue weighted by Crippen LogP contribution is 2.21. The maximum atomic E-state index is 11.5. The number of hydrogen-bond acceptors (Lipinski definition) is 2. The second-order valence-corrected chi connectivity index (χ2v) is 3.82. The third kappa shape index (κ3) is 2.27. The third-order valence-electron chi connectivity index (χ3n) is 2.65. The second-order valence-electron chi connectivity index (χ2n) is 3.82. The van der Waals surface area contributed by atoms with Gasteiger partial charge in [0.1, 0.15) is 0 Å². The van der Waals surface area contributed by atoms with E-state index in [0.29, 0.717) is 18.7 Å². The van der Waals surface area contributed by atoms with Gasteiger partial charge in [0.05, 0.1) is 6.54 Å². The van der Waals surface area contributed by atoms with Crippen molar-refractivity contribution in [3.05, 3.63) is 42.1 Å². The van der Waals surface area contributed by atoms with Crippen molar-refractivity contribution in [3.8, 4) is 0 Å². The van der Waals surface area contributed by atoms with Gasteiger partial charge in [-0.25, -0.2) is 0 Å². The largest absolute Gasteiger partial charge is 0.341 e. The molecule has 0 unspecified atom stereocenters. The van der Waals surface area contributed by atoms with Gasteiger partial charge in [-0.3, -0.25) is 4.79 Å². The zero-order valence-corrected chi connectivity index (χ0v) is 8.94. The van der Waals surface area contributed by atoms with E-state index in [1.807, 2.05) is 35.2 Å². The predicted molar refractivity (Wildman–Crippen MR) is 61.8 cm³/mol. The van der Waals surface area contributed by atoms with Crippen LogP contribution >= 0.6 is 0 Å². The van der Waals surface area contributed by atoms with E-state index < -0.39 is 0 Å². The van der Waals surface area contributed by atoms with E-state index in [0.717, 1.165) is 12.1 Å². The molecule has 0 saturated heterocycles. The van der Waals surface area contributed by atoms with Crippen LogP contribution in [0, 0.1) is 0 Å². The molecule has 0 aliphatic carbocycles. The molecule has 15 heavy (non-hydrogen) atoms. The molecule has 2 nitrogen and oxygen atoms in total. The fourth-order valence-electron chi connectivity index (χ4n) is 1.81. The molecule has 1 aromatic rings. The van der Waals surface area contributed by atoms with Crippen LogP contribution in [0.3, 0.4) is 0 Å². The molecule has 0 bridgehead atoms. The molecule has 0 N–H and O–H groups in total. The minimum absolute atomic E-state index is 0.304. The molecule has 0 fully saturated rings. The topological polar surface area (TPSA) is 20.3 Å². The lowest BCUT2D eigenvalue weighted by molar-refractivity contribution is -0.117. The molecule has 1 heterocycles. The zero-order chi connectivity index (χ0) is 10.7. The maximum absolute atomic E-state index is 11.5. The number of Topliss-reactive ketones (excluding diaryl/α,β-unsaturated/α-hetero) is 1. The summed E-state index contributed by atoms with van der Waals surface area (Å²) < 4.78 is 0. The van der Waals surface area contributed by atoms with Crippen molar-refractivity contribution in [2.45, 2.75) is 19.8 Å². The van der Waals surface area contributed by atoms with Crippen LogP contribution < -0.4 is 4.90 Å². The molecule has 1 aliphatic heterocycles. The Kier molecular flexibility index (Phi) is 2.86. The second kappa shape index (κ2) is 4.30. The highest BCUT2D eigenvalue weighted by Gasteiger charge is 2.16. The van der Waals surface area contributed by atoms with Crippen molar-refractivity contribution >= 4 is 11.5 Å². The van der Waals surface area contributed by atoms with Crippen LogP contribution in [0.1, 0.15) is 19.8 Å². The van der Waals surface area contributed by atoms with Gasteiger partial charge in [0.15, 0.2) is 5.78 Å². The number of rotatable bonds is 2. The van der Waals surface area contributed by atoms with Gasteiger partial charge in [-0.2, -0.15) is 0 Å². The number of allylic oxidation sites excluding steroid dienone is 1. The summed E-state index contributed by atoms with van der Waals surface area (Å²) >= 11 is 0. The number of ketones is 1. The fourth-order valence-corrected chi connectivity index (χ4v) is 1.81. The minimum atomic E-state index is 0.304. The number of carbonyl (C=O) groups excluding carboxylic acids is 1. The Bertz CT molecular complexity index is 381. The summed E-state index contributed by atoms with van der Waals surface area (Å²) in [5, 5.41) is 0. The molecule has 0 radical (unpaired) electrons. The van der Waals surface area contributed by atoms with Crippen LogP contribution in [0.2, 0.25) is 0 Å². The van der Waals surface area contributed by atoms with Crippen molar-refractivity contribution in [1.29, 1.82) is 0 Å². The van der Waals surface area contributed by atoms with Gasteiger partial charge in [-0.1, -0.05) is 25.1 Å².